The second-order valence-electron chi connectivity index (χ2n) is 5.07. The lowest BCUT2D eigenvalue weighted by Crippen LogP contribution is -2.55. The van der Waals surface area contributed by atoms with Gasteiger partial charge in [0.15, 0.2) is 11.6 Å². The Hall–Kier alpha value is -1.27. The van der Waals surface area contributed by atoms with Crippen molar-refractivity contribution in [2.45, 2.75) is 25.6 Å². The molecule has 0 bridgehead atoms. The van der Waals surface area contributed by atoms with Gasteiger partial charge in [0.1, 0.15) is 5.82 Å². The Bertz CT molecular complexity index is 439. The number of hydrogen-bond donors (Lipinski definition) is 1. The maximum Gasteiger partial charge on any atom is 0.168 e. The number of halogens is 2. The van der Waals surface area contributed by atoms with E-state index in [-0.39, 0.29) is 11.9 Å². The van der Waals surface area contributed by atoms with Crippen LogP contribution in [0.1, 0.15) is 13.8 Å². The Morgan fingerprint density at radius 1 is 1.56 bits per heavy atom. The summed E-state index contributed by atoms with van der Waals surface area (Å²) in [5.74, 6) is -1.20. The summed E-state index contributed by atoms with van der Waals surface area (Å²) in [6, 6.07) is 0.836. The summed E-state index contributed by atoms with van der Waals surface area (Å²) < 4.78 is 32.3. The van der Waals surface area contributed by atoms with Crippen molar-refractivity contribution in [1.29, 1.82) is 0 Å². The number of morpholine rings is 1. The molecule has 4 nitrogen and oxygen atoms in total. The molecule has 1 unspecified atom stereocenters. The predicted octanol–water partition coefficient (Wildman–Crippen LogP) is 1.30. The first-order valence-corrected chi connectivity index (χ1v) is 5.85. The van der Waals surface area contributed by atoms with Crippen LogP contribution >= 0.6 is 0 Å². The van der Waals surface area contributed by atoms with Crippen molar-refractivity contribution in [3.8, 4) is 0 Å². The lowest BCUT2D eigenvalue weighted by Gasteiger charge is -2.43. The van der Waals surface area contributed by atoms with Gasteiger partial charge in [0.05, 0.1) is 17.9 Å². The average Bonchev–Trinajstić information content (AvgIpc) is 2.26. The summed E-state index contributed by atoms with van der Waals surface area (Å²) in [5.41, 5.74) is 5.16. The van der Waals surface area contributed by atoms with Crippen molar-refractivity contribution in [2.75, 3.05) is 24.5 Å². The van der Waals surface area contributed by atoms with Gasteiger partial charge < -0.3 is 15.4 Å². The lowest BCUT2D eigenvalue weighted by molar-refractivity contribution is -0.0791. The molecule has 2 N–H and O–H groups in total. The van der Waals surface area contributed by atoms with E-state index < -0.39 is 17.2 Å². The average molecular weight is 257 g/mol. The summed E-state index contributed by atoms with van der Waals surface area (Å²) in [5, 5.41) is 0. The molecule has 100 valence electrons. The van der Waals surface area contributed by atoms with Crippen LogP contribution in [0, 0.1) is 11.6 Å². The van der Waals surface area contributed by atoms with Crippen molar-refractivity contribution < 1.29 is 13.5 Å². The van der Waals surface area contributed by atoms with Gasteiger partial charge in [-0.2, -0.15) is 0 Å². The van der Waals surface area contributed by atoms with Crippen molar-refractivity contribution in [2.24, 2.45) is 5.73 Å². The van der Waals surface area contributed by atoms with Crippen LogP contribution in [0.25, 0.3) is 0 Å². The number of pyridine rings is 1. The Morgan fingerprint density at radius 2 is 2.28 bits per heavy atom. The summed E-state index contributed by atoms with van der Waals surface area (Å²) in [6.45, 7) is 5.10. The van der Waals surface area contributed by atoms with Gasteiger partial charge in [-0.25, -0.2) is 13.8 Å². The Balaban J connectivity index is 2.26. The minimum Gasteiger partial charge on any atom is -0.367 e. The van der Waals surface area contributed by atoms with E-state index in [0.29, 0.717) is 19.6 Å². The minimum atomic E-state index is -0.681. The third-order valence-corrected chi connectivity index (χ3v) is 2.83. The van der Waals surface area contributed by atoms with Crippen LogP contribution in [0.5, 0.6) is 0 Å². The van der Waals surface area contributed by atoms with Gasteiger partial charge >= 0.3 is 0 Å². The number of nitrogens with zero attached hydrogens (tertiary/aromatic N) is 2. The second-order valence-corrected chi connectivity index (χ2v) is 5.07. The van der Waals surface area contributed by atoms with Crippen LogP contribution in [0.3, 0.4) is 0 Å². The zero-order valence-corrected chi connectivity index (χ0v) is 10.5. The van der Waals surface area contributed by atoms with Crippen LogP contribution in [0.4, 0.5) is 14.6 Å². The second kappa shape index (κ2) is 4.78. The van der Waals surface area contributed by atoms with E-state index in [2.05, 4.69) is 4.98 Å². The van der Waals surface area contributed by atoms with Crippen molar-refractivity contribution in [1.82, 2.24) is 4.98 Å². The molecular weight excluding hydrogens is 240 g/mol. The highest BCUT2D eigenvalue weighted by Gasteiger charge is 2.34. The first-order valence-electron chi connectivity index (χ1n) is 5.85. The Morgan fingerprint density at radius 3 is 2.89 bits per heavy atom. The molecule has 18 heavy (non-hydrogen) atoms. The third-order valence-electron chi connectivity index (χ3n) is 2.83. The molecule has 2 rings (SSSR count). The van der Waals surface area contributed by atoms with Crippen LogP contribution in [-0.2, 0) is 4.74 Å². The Labute approximate surface area is 105 Å². The van der Waals surface area contributed by atoms with Gasteiger partial charge in [-0.1, -0.05) is 0 Å². The molecule has 1 aromatic rings. The molecule has 0 aromatic carbocycles. The van der Waals surface area contributed by atoms with E-state index >= 15 is 0 Å². The van der Waals surface area contributed by atoms with E-state index in [1.807, 2.05) is 13.8 Å². The summed E-state index contributed by atoms with van der Waals surface area (Å²) >= 11 is 0. The fourth-order valence-corrected chi connectivity index (χ4v) is 2.22. The van der Waals surface area contributed by atoms with Crippen LogP contribution in [0.2, 0.25) is 0 Å². The molecule has 0 saturated carbocycles. The quantitative estimate of drug-likeness (QED) is 0.867. The standard InChI is InChI=1S/C12H17F2N3O/c1-12(2)7-17(6-9(4-15)18-12)11-10(14)3-8(13)5-16-11/h3,5,9H,4,6-7,15H2,1-2H3. The molecule has 1 atom stereocenters. The van der Waals surface area contributed by atoms with E-state index in [4.69, 9.17) is 10.5 Å². The van der Waals surface area contributed by atoms with Gasteiger partial charge in [-0.15, -0.1) is 0 Å². The highest BCUT2D eigenvalue weighted by atomic mass is 19.1. The number of ether oxygens (including phenoxy) is 1. The zero-order valence-electron chi connectivity index (χ0n) is 10.5. The summed E-state index contributed by atoms with van der Waals surface area (Å²) in [6.07, 6.45) is 0.832. The van der Waals surface area contributed by atoms with Crippen molar-refractivity contribution >= 4 is 5.82 Å². The molecule has 0 spiro atoms. The fourth-order valence-electron chi connectivity index (χ4n) is 2.22. The van der Waals surface area contributed by atoms with Gasteiger partial charge in [0.25, 0.3) is 0 Å². The fraction of sp³-hybridized carbons (Fsp3) is 0.583. The number of rotatable bonds is 2. The topological polar surface area (TPSA) is 51.4 Å². The predicted molar refractivity (Wildman–Crippen MR) is 64.4 cm³/mol. The molecular formula is C12H17F2N3O. The monoisotopic (exact) mass is 257 g/mol. The smallest absolute Gasteiger partial charge is 0.168 e. The molecule has 1 aliphatic rings. The molecule has 0 amide bonds. The van der Waals surface area contributed by atoms with E-state index in [9.17, 15) is 8.78 Å². The molecule has 6 heteroatoms. The van der Waals surface area contributed by atoms with Crippen LogP contribution < -0.4 is 10.6 Å². The highest BCUT2D eigenvalue weighted by molar-refractivity contribution is 5.41. The molecule has 1 aromatic heterocycles. The SMILES string of the molecule is CC1(C)CN(c2ncc(F)cc2F)CC(CN)O1. The summed E-state index contributed by atoms with van der Waals surface area (Å²) in [4.78, 5) is 5.56. The molecule has 0 aliphatic carbocycles. The lowest BCUT2D eigenvalue weighted by atomic mass is 10.1. The van der Waals surface area contributed by atoms with Crippen LogP contribution in [-0.4, -0.2) is 36.3 Å². The maximum atomic E-state index is 13.7. The first kappa shape index (κ1) is 13.2. The number of aromatic nitrogens is 1. The molecule has 1 fully saturated rings. The largest absolute Gasteiger partial charge is 0.367 e. The highest BCUT2D eigenvalue weighted by Crippen LogP contribution is 2.26. The van der Waals surface area contributed by atoms with Gasteiger partial charge in [-0.05, 0) is 13.8 Å². The molecule has 2 heterocycles. The van der Waals surface area contributed by atoms with E-state index in [1.54, 1.807) is 4.90 Å². The number of anilines is 1. The van der Waals surface area contributed by atoms with Crippen molar-refractivity contribution in [3.63, 3.8) is 0 Å². The van der Waals surface area contributed by atoms with Crippen LogP contribution in [0.15, 0.2) is 12.3 Å². The Kier molecular flexibility index (Phi) is 3.49. The summed E-state index contributed by atoms with van der Waals surface area (Å²) in [7, 11) is 0. The van der Waals surface area contributed by atoms with Crippen molar-refractivity contribution in [3.05, 3.63) is 23.9 Å². The molecule has 1 aliphatic heterocycles. The van der Waals surface area contributed by atoms with Gasteiger partial charge in [0.2, 0.25) is 0 Å². The minimum absolute atomic E-state index is 0.145. The maximum absolute atomic E-state index is 13.7. The number of nitrogens with two attached hydrogens (primary N) is 1. The number of hydrogen-bond acceptors (Lipinski definition) is 4. The van der Waals surface area contributed by atoms with Gasteiger partial charge in [0, 0.05) is 25.7 Å². The first-order chi connectivity index (χ1) is 8.41. The normalized spacial score (nSPS) is 23.2. The molecule has 1 saturated heterocycles. The zero-order chi connectivity index (χ0) is 13.3. The van der Waals surface area contributed by atoms with E-state index in [1.165, 1.54) is 0 Å². The van der Waals surface area contributed by atoms with Gasteiger partial charge in [-0.3, -0.25) is 0 Å². The molecule has 0 radical (unpaired) electrons. The third kappa shape index (κ3) is 2.76. The van der Waals surface area contributed by atoms with E-state index in [0.717, 1.165) is 12.3 Å².